The molecule has 13 heavy (non-hydrogen) atoms. The summed E-state index contributed by atoms with van der Waals surface area (Å²) in [6.07, 6.45) is 5.11. The largest absolute Gasteiger partial charge is 0.318 e. The first-order chi connectivity index (χ1) is 6.20. The Bertz CT molecular complexity index is 293. The van der Waals surface area contributed by atoms with Gasteiger partial charge in [-0.2, -0.15) is 0 Å². The molecule has 2 rings (SSSR count). The van der Waals surface area contributed by atoms with Crippen LogP contribution in [0.4, 0.5) is 0 Å². The molecular formula is C10H13NO2. The highest BCUT2D eigenvalue weighted by atomic mass is 16.2. The van der Waals surface area contributed by atoms with Crippen LogP contribution >= 0.6 is 0 Å². The number of Topliss-reactive ketones (excluding diaryl/α,β-unsaturated/α-hetero) is 1. The van der Waals surface area contributed by atoms with Crippen LogP contribution < -0.4 is 0 Å². The fourth-order valence-corrected chi connectivity index (χ4v) is 2.09. The lowest BCUT2D eigenvalue weighted by molar-refractivity contribution is -0.138. The highest BCUT2D eigenvalue weighted by molar-refractivity contribution is 6.04. The minimum absolute atomic E-state index is 0.0106. The summed E-state index contributed by atoms with van der Waals surface area (Å²) in [5, 5.41) is 0. The lowest BCUT2D eigenvalue weighted by atomic mass is 9.84. The standard InChI is InChI=1S/C10H13NO2/c1-11-8-5-3-2-4-7(8)9(12)6-10(11)13/h5,7H,2-4,6H2,1H3. The third-order valence-corrected chi connectivity index (χ3v) is 2.88. The normalized spacial score (nSPS) is 28.5. The summed E-state index contributed by atoms with van der Waals surface area (Å²) in [4.78, 5) is 24.5. The smallest absolute Gasteiger partial charge is 0.233 e. The maximum atomic E-state index is 11.5. The first-order valence-electron chi connectivity index (χ1n) is 4.69. The Labute approximate surface area is 77.4 Å². The molecule has 2 aliphatic rings. The van der Waals surface area contributed by atoms with E-state index in [1.807, 2.05) is 6.08 Å². The van der Waals surface area contributed by atoms with E-state index in [0.717, 1.165) is 25.0 Å². The zero-order valence-electron chi connectivity index (χ0n) is 7.75. The molecule has 0 aromatic rings. The molecule has 1 unspecified atom stereocenters. The van der Waals surface area contributed by atoms with Crippen LogP contribution in [0.15, 0.2) is 11.8 Å². The molecule has 1 fully saturated rings. The molecule has 0 aromatic heterocycles. The Kier molecular flexibility index (Phi) is 1.94. The number of hydrogen-bond acceptors (Lipinski definition) is 2. The lowest BCUT2D eigenvalue weighted by Crippen LogP contribution is -2.41. The summed E-state index contributed by atoms with van der Waals surface area (Å²) in [6, 6.07) is 0. The summed E-state index contributed by atoms with van der Waals surface area (Å²) in [5.74, 6) is 0.0555. The quantitative estimate of drug-likeness (QED) is 0.522. The van der Waals surface area contributed by atoms with Crippen LogP contribution in [0, 0.1) is 5.92 Å². The molecule has 0 saturated carbocycles. The predicted molar refractivity (Wildman–Crippen MR) is 47.8 cm³/mol. The van der Waals surface area contributed by atoms with Gasteiger partial charge in [-0.3, -0.25) is 9.59 Å². The van der Waals surface area contributed by atoms with Crippen LogP contribution in [0.1, 0.15) is 25.7 Å². The van der Waals surface area contributed by atoms with E-state index in [-0.39, 0.29) is 24.0 Å². The molecule has 1 amide bonds. The maximum absolute atomic E-state index is 11.5. The number of hydrogen-bond donors (Lipinski definition) is 0. The SMILES string of the molecule is CN1C(=O)CC(=O)C2CCCC=C21. The minimum atomic E-state index is -0.0607. The highest BCUT2D eigenvalue weighted by Gasteiger charge is 2.35. The third-order valence-electron chi connectivity index (χ3n) is 2.88. The molecule has 1 aliphatic carbocycles. The Balaban J connectivity index is 2.33. The van der Waals surface area contributed by atoms with Crippen molar-refractivity contribution in [1.29, 1.82) is 0 Å². The van der Waals surface area contributed by atoms with Crippen molar-refractivity contribution in [3.8, 4) is 0 Å². The monoisotopic (exact) mass is 179 g/mol. The van der Waals surface area contributed by atoms with Crippen molar-refractivity contribution in [2.45, 2.75) is 25.7 Å². The number of ketones is 1. The summed E-state index contributed by atoms with van der Waals surface area (Å²) in [6.45, 7) is 0. The second kappa shape index (κ2) is 2.98. The average molecular weight is 179 g/mol. The number of fused-ring (bicyclic) bond motifs is 1. The second-order valence-electron chi connectivity index (χ2n) is 3.71. The zero-order chi connectivity index (χ0) is 9.42. The van der Waals surface area contributed by atoms with Gasteiger partial charge < -0.3 is 4.90 Å². The van der Waals surface area contributed by atoms with Gasteiger partial charge in [0.25, 0.3) is 0 Å². The Morgan fingerprint density at radius 2 is 2.23 bits per heavy atom. The number of carbonyl (C=O) groups is 2. The van der Waals surface area contributed by atoms with Crippen molar-refractivity contribution in [2.75, 3.05) is 7.05 Å². The molecular weight excluding hydrogens is 166 g/mol. The number of piperidine rings is 1. The fourth-order valence-electron chi connectivity index (χ4n) is 2.09. The van der Waals surface area contributed by atoms with Gasteiger partial charge in [-0.15, -0.1) is 0 Å². The molecule has 0 spiro atoms. The van der Waals surface area contributed by atoms with Crippen LogP contribution in [0.2, 0.25) is 0 Å². The van der Waals surface area contributed by atoms with E-state index in [9.17, 15) is 9.59 Å². The number of nitrogens with zero attached hydrogens (tertiary/aromatic N) is 1. The number of allylic oxidation sites excluding steroid dienone is 2. The van der Waals surface area contributed by atoms with Crippen LogP contribution in [0.3, 0.4) is 0 Å². The lowest BCUT2D eigenvalue weighted by Gasteiger charge is -2.34. The first-order valence-corrected chi connectivity index (χ1v) is 4.69. The van der Waals surface area contributed by atoms with Gasteiger partial charge in [0.05, 0.1) is 12.3 Å². The molecule has 0 bridgehead atoms. The number of rotatable bonds is 0. The van der Waals surface area contributed by atoms with Crippen molar-refractivity contribution in [2.24, 2.45) is 5.92 Å². The number of carbonyl (C=O) groups excluding carboxylic acids is 2. The van der Waals surface area contributed by atoms with E-state index in [4.69, 9.17) is 0 Å². The second-order valence-corrected chi connectivity index (χ2v) is 3.71. The first kappa shape index (κ1) is 8.48. The van der Waals surface area contributed by atoms with Crippen molar-refractivity contribution >= 4 is 11.7 Å². The maximum Gasteiger partial charge on any atom is 0.233 e. The predicted octanol–water partition coefficient (Wildman–Crippen LogP) is 1.10. The van der Waals surface area contributed by atoms with Gasteiger partial charge in [0.1, 0.15) is 0 Å². The van der Waals surface area contributed by atoms with Gasteiger partial charge in [0, 0.05) is 12.7 Å². The average Bonchev–Trinajstić information content (AvgIpc) is 2.15. The Hall–Kier alpha value is -1.12. The molecule has 0 aromatic carbocycles. The van der Waals surface area contributed by atoms with E-state index < -0.39 is 0 Å². The van der Waals surface area contributed by atoms with E-state index in [2.05, 4.69) is 0 Å². The number of amides is 1. The Morgan fingerprint density at radius 1 is 1.46 bits per heavy atom. The van der Waals surface area contributed by atoms with Gasteiger partial charge in [-0.25, -0.2) is 0 Å². The molecule has 0 N–H and O–H groups in total. The van der Waals surface area contributed by atoms with E-state index in [0.29, 0.717) is 0 Å². The molecule has 0 radical (unpaired) electrons. The van der Waals surface area contributed by atoms with E-state index in [1.54, 1.807) is 11.9 Å². The van der Waals surface area contributed by atoms with Crippen molar-refractivity contribution in [1.82, 2.24) is 4.90 Å². The van der Waals surface area contributed by atoms with Gasteiger partial charge in [0.2, 0.25) is 5.91 Å². The molecule has 3 heteroatoms. The van der Waals surface area contributed by atoms with Crippen LogP contribution in [-0.4, -0.2) is 23.6 Å². The fraction of sp³-hybridized carbons (Fsp3) is 0.600. The van der Waals surface area contributed by atoms with Gasteiger partial charge in [-0.05, 0) is 19.3 Å². The van der Waals surface area contributed by atoms with Gasteiger partial charge in [-0.1, -0.05) is 6.08 Å². The van der Waals surface area contributed by atoms with E-state index >= 15 is 0 Å². The zero-order valence-corrected chi connectivity index (χ0v) is 7.75. The summed E-state index contributed by atoms with van der Waals surface area (Å²) >= 11 is 0. The van der Waals surface area contributed by atoms with Crippen LogP contribution in [0.25, 0.3) is 0 Å². The van der Waals surface area contributed by atoms with Crippen LogP contribution in [0.5, 0.6) is 0 Å². The molecule has 1 atom stereocenters. The minimum Gasteiger partial charge on any atom is -0.318 e. The third kappa shape index (κ3) is 1.28. The van der Waals surface area contributed by atoms with Crippen molar-refractivity contribution in [3.05, 3.63) is 11.8 Å². The van der Waals surface area contributed by atoms with Gasteiger partial charge >= 0.3 is 0 Å². The molecule has 1 heterocycles. The van der Waals surface area contributed by atoms with Gasteiger partial charge in [0.15, 0.2) is 5.78 Å². The molecule has 1 aliphatic heterocycles. The Morgan fingerprint density at radius 3 is 3.00 bits per heavy atom. The van der Waals surface area contributed by atoms with E-state index in [1.165, 1.54) is 0 Å². The summed E-state index contributed by atoms with van der Waals surface area (Å²) in [7, 11) is 1.76. The van der Waals surface area contributed by atoms with Crippen LogP contribution in [-0.2, 0) is 9.59 Å². The number of likely N-dealkylation sites (tertiary alicyclic amines) is 1. The molecule has 1 saturated heterocycles. The summed E-state index contributed by atoms with van der Waals surface area (Å²) in [5.41, 5.74) is 0.938. The van der Waals surface area contributed by atoms with Crippen molar-refractivity contribution in [3.63, 3.8) is 0 Å². The highest BCUT2D eigenvalue weighted by Crippen LogP contribution is 2.32. The topological polar surface area (TPSA) is 37.4 Å². The molecule has 70 valence electrons. The molecule has 3 nitrogen and oxygen atoms in total. The van der Waals surface area contributed by atoms with Crippen molar-refractivity contribution < 1.29 is 9.59 Å². The summed E-state index contributed by atoms with van der Waals surface area (Å²) < 4.78 is 0.